The maximum absolute atomic E-state index is 12.0. The second-order valence-electron chi connectivity index (χ2n) is 5.59. The molecule has 2 aromatic rings. The first kappa shape index (κ1) is 17.7. The molecule has 2 aromatic carbocycles. The van der Waals surface area contributed by atoms with E-state index in [4.69, 9.17) is 4.74 Å². The number of carbonyl (C=O) groups is 1. The fraction of sp³-hybridized carbons (Fsp3) is 0.263. The number of phenolic OH excluding ortho intramolecular Hbond substituents is 2. The smallest absolute Gasteiger partial charge is 0.187 e. The minimum Gasteiger partial charge on any atom is -0.508 e. The van der Waals surface area contributed by atoms with Crippen molar-refractivity contribution >= 4 is 12.0 Å². The van der Waals surface area contributed by atoms with Crippen LogP contribution < -0.4 is 0 Å². The first-order valence-corrected chi connectivity index (χ1v) is 7.73. The number of Topliss-reactive ketones (excluding diaryl/α,β-unsaturated/α-hetero) is 1. The summed E-state index contributed by atoms with van der Waals surface area (Å²) in [5.41, 5.74) is 1.26. The van der Waals surface area contributed by atoms with Gasteiger partial charge in [-0.15, -0.1) is 0 Å². The molecule has 0 bridgehead atoms. The maximum Gasteiger partial charge on any atom is 0.187 e. The molecule has 2 N–H and O–H groups in total. The van der Waals surface area contributed by atoms with Crippen LogP contribution in [0, 0.1) is 5.92 Å². The molecule has 24 heavy (non-hydrogen) atoms. The summed E-state index contributed by atoms with van der Waals surface area (Å²) in [7, 11) is 0. The third kappa shape index (κ3) is 5.52. The second kappa shape index (κ2) is 8.84. The molecule has 0 fully saturated rings. The van der Waals surface area contributed by atoms with E-state index >= 15 is 0 Å². The third-order valence-corrected chi connectivity index (χ3v) is 3.37. The number of hydrogen-bond acceptors (Lipinski definition) is 5. The Morgan fingerprint density at radius 2 is 1.96 bits per heavy atom. The molecule has 0 aliphatic carbocycles. The molecule has 5 heteroatoms. The van der Waals surface area contributed by atoms with E-state index in [1.165, 1.54) is 12.1 Å². The number of aliphatic imine (C=N–C) groups is 1. The summed E-state index contributed by atoms with van der Waals surface area (Å²) in [6.07, 6.45) is 1.68. The normalized spacial score (nSPS) is 12.4. The van der Waals surface area contributed by atoms with Crippen molar-refractivity contribution in [2.24, 2.45) is 10.9 Å². The molecular formula is C19H21NO4. The number of ketones is 1. The van der Waals surface area contributed by atoms with Crippen molar-refractivity contribution in [3.05, 3.63) is 59.7 Å². The number of benzene rings is 2. The molecule has 5 nitrogen and oxygen atoms in total. The van der Waals surface area contributed by atoms with Crippen LogP contribution in [-0.4, -0.2) is 35.4 Å². The van der Waals surface area contributed by atoms with Crippen molar-refractivity contribution in [1.82, 2.24) is 0 Å². The van der Waals surface area contributed by atoms with Gasteiger partial charge in [-0.2, -0.15) is 0 Å². The van der Waals surface area contributed by atoms with Crippen LogP contribution in [0.2, 0.25) is 0 Å². The molecule has 0 heterocycles. The van der Waals surface area contributed by atoms with E-state index < -0.39 is 0 Å². The number of nitrogens with zero attached hydrogens (tertiary/aromatic N) is 1. The van der Waals surface area contributed by atoms with Gasteiger partial charge in [-0.1, -0.05) is 37.3 Å². The van der Waals surface area contributed by atoms with Gasteiger partial charge >= 0.3 is 0 Å². The van der Waals surface area contributed by atoms with Crippen molar-refractivity contribution in [3.8, 4) is 11.5 Å². The molecule has 0 aliphatic rings. The molecular weight excluding hydrogens is 306 g/mol. The van der Waals surface area contributed by atoms with Gasteiger partial charge in [0.25, 0.3) is 0 Å². The molecule has 0 saturated heterocycles. The lowest BCUT2D eigenvalue weighted by molar-refractivity contribution is 0.0997. The van der Waals surface area contributed by atoms with E-state index in [0.717, 1.165) is 11.6 Å². The lowest BCUT2D eigenvalue weighted by atomic mass is 10.1. The van der Waals surface area contributed by atoms with Crippen molar-refractivity contribution in [1.29, 1.82) is 0 Å². The van der Waals surface area contributed by atoms with Crippen LogP contribution in [0.25, 0.3) is 0 Å². The van der Waals surface area contributed by atoms with Crippen molar-refractivity contribution < 1.29 is 19.7 Å². The Hall–Kier alpha value is -2.66. The van der Waals surface area contributed by atoms with Gasteiger partial charge in [0.05, 0.1) is 18.8 Å². The van der Waals surface area contributed by atoms with Crippen LogP contribution in [0.4, 0.5) is 0 Å². The minimum atomic E-state index is -0.304. The van der Waals surface area contributed by atoms with E-state index in [1.807, 2.05) is 37.3 Å². The molecule has 0 radical (unpaired) electrons. The van der Waals surface area contributed by atoms with E-state index in [-0.39, 0.29) is 35.3 Å². The van der Waals surface area contributed by atoms with Crippen LogP contribution in [0.5, 0.6) is 11.5 Å². The van der Waals surface area contributed by atoms with Gasteiger partial charge in [0.15, 0.2) is 5.78 Å². The van der Waals surface area contributed by atoms with E-state index in [1.54, 1.807) is 6.21 Å². The monoisotopic (exact) mass is 327 g/mol. The highest BCUT2D eigenvalue weighted by molar-refractivity contribution is 6.00. The number of carbonyl (C=O) groups excluding carboxylic acids is 1. The Labute approximate surface area is 141 Å². The van der Waals surface area contributed by atoms with E-state index in [0.29, 0.717) is 13.2 Å². The molecule has 1 unspecified atom stereocenters. The zero-order valence-electron chi connectivity index (χ0n) is 13.6. The highest BCUT2D eigenvalue weighted by Gasteiger charge is 2.10. The minimum absolute atomic E-state index is 0.0542. The zero-order valence-corrected chi connectivity index (χ0v) is 13.6. The largest absolute Gasteiger partial charge is 0.508 e. The molecule has 0 aliphatic heterocycles. The van der Waals surface area contributed by atoms with Crippen LogP contribution >= 0.6 is 0 Å². The predicted octanol–water partition coefficient (Wildman–Crippen LogP) is 3.20. The molecule has 0 spiro atoms. The summed E-state index contributed by atoms with van der Waals surface area (Å²) < 4.78 is 5.61. The fourth-order valence-corrected chi connectivity index (χ4v) is 2.14. The summed E-state index contributed by atoms with van der Waals surface area (Å²) >= 11 is 0. The average Bonchev–Trinajstić information content (AvgIpc) is 2.55. The summed E-state index contributed by atoms with van der Waals surface area (Å²) in [6, 6.07) is 13.8. The van der Waals surface area contributed by atoms with Crippen LogP contribution in [0.1, 0.15) is 22.8 Å². The molecule has 0 aromatic heterocycles. The van der Waals surface area contributed by atoms with Gasteiger partial charge in [-0.25, -0.2) is 0 Å². The highest BCUT2D eigenvalue weighted by atomic mass is 16.5. The lowest BCUT2D eigenvalue weighted by Crippen LogP contribution is -2.09. The topological polar surface area (TPSA) is 79.1 Å². The van der Waals surface area contributed by atoms with Gasteiger partial charge in [0.1, 0.15) is 18.0 Å². The van der Waals surface area contributed by atoms with E-state index in [9.17, 15) is 15.0 Å². The first-order chi connectivity index (χ1) is 11.6. The molecule has 0 saturated carbocycles. The second-order valence-corrected chi connectivity index (χ2v) is 5.59. The van der Waals surface area contributed by atoms with E-state index in [2.05, 4.69) is 4.99 Å². The number of aromatic hydroxyl groups is 2. The number of ether oxygens (including phenoxy) is 1. The lowest BCUT2D eigenvalue weighted by Gasteiger charge is -2.07. The van der Waals surface area contributed by atoms with Gasteiger partial charge in [0, 0.05) is 18.2 Å². The highest BCUT2D eigenvalue weighted by Crippen LogP contribution is 2.22. The van der Waals surface area contributed by atoms with Crippen LogP contribution in [-0.2, 0) is 11.3 Å². The molecule has 1 atom stereocenters. The number of phenols is 2. The third-order valence-electron chi connectivity index (χ3n) is 3.37. The molecule has 2 rings (SSSR count). The van der Waals surface area contributed by atoms with Crippen molar-refractivity contribution in [3.63, 3.8) is 0 Å². The van der Waals surface area contributed by atoms with Gasteiger partial charge in [-0.3, -0.25) is 9.79 Å². The van der Waals surface area contributed by atoms with Gasteiger partial charge in [0.2, 0.25) is 0 Å². The average molecular weight is 327 g/mol. The molecule has 0 amide bonds. The fourth-order valence-electron chi connectivity index (χ4n) is 2.14. The van der Waals surface area contributed by atoms with Crippen molar-refractivity contribution in [2.75, 3.05) is 13.2 Å². The Kier molecular flexibility index (Phi) is 6.51. The number of hydrogen-bond donors (Lipinski definition) is 2. The standard InChI is InChI=1S/C19H21NO4/c1-14(12-24-13-15-5-3-2-4-6-15)10-20-11-19(23)17-8-7-16(21)9-18(17)22/h2-10,14,21-22H,11-13H2,1H3. The maximum atomic E-state index is 12.0. The predicted molar refractivity (Wildman–Crippen MR) is 92.7 cm³/mol. The summed E-state index contributed by atoms with van der Waals surface area (Å²) in [5, 5.41) is 18.9. The van der Waals surface area contributed by atoms with Crippen LogP contribution in [0.3, 0.4) is 0 Å². The zero-order chi connectivity index (χ0) is 17.4. The van der Waals surface area contributed by atoms with Crippen LogP contribution in [0.15, 0.2) is 53.5 Å². The van der Waals surface area contributed by atoms with Gasteiger partial charge < -0.3 is 14.9 Å². The van der Waals surface area contributed by atoms with Gasteiger partial charge in [-0.05, 0) is 17.7 Å². The Morgan fingerprint density at radius 3 is 2.67 bits per heavy atom. The Balaban J connectivity index is 1.75. The van der Waals surface area contributed by atoms with Crippen molar-refractivity contribution in [2.45, 2.75) is 13.5 Å². The quantitative estimate of drug-likeness (QED) is 0.576. The first-order valence-electron chi connectivity index (χ1n) is 7.73. The number of rotatable bonds is 8. The SMILES string of the molecule is CC(C=NCC(=O)c1ccc(O)cc1O)COCc1ccccc1. The summed E-state index contributed by atoms with van der Waals surface area (Å²) in [5.74, 6) is -0.553. The Bertz CT molecular complexity index is 698. The molecule has 126 valence electrons. The Morgan fingerprint density at radius 1 is 1.21 bits per heavy atom. The summed E-state index contributed by atoms with van der Waals surface area (Å²) in [4.78, 5) is 16.1. The summed E-state index contributed by atoms with van der Waals surface area (Å²) in [6.45, 7) is 2.95.